The van der Waals surface area contributed by atoms with Crippen molar-refractivity contribution in [2.24, 2.45) is 0 Å². The van der Waals surface area contributed by atoms with E-state index in [1.165, 1.54) is 18.6 Å². The van der Waals surface area contributed by atoms with Gasteiger partial charge >= 0.3 is 0 Å². The minimum absolute atomic E-state index is 0.180. The van der Waals surface area contributed by atoms with Gasteiger partial charge in [0.25, 0.3) is 0 Å². The van der Waals surface area contributed by atoms with Crippen molar-refractivity contribution >= 4 is 33.4 Å². The Hall–Kier alpha value is -1.34. The van der Waals surface area contributed by atoms with E-state index in [-0.39, 0.29) is 11.8 Å². The van der Waals surface area contributed by atoms with Crippen LogP contribution in [0.15, 0.2) is 24.3 Å². The number of hydrogen-bond donors (Lipinski definition) is 0. The Bertz CT molecular complexity index is 655. The van der Waals surface area contributed by atoms with Gasteiger partial charge in [-0.2, -0.15) is 0 Å². The van der Waals surface area contributed by atoms with Gasteiger partial charge in [-0.3, -0.25) is 9.59 Å². The lowest BCUT2D eigenvalue weighted by atomic mass is 10.1. The van der Waals surface area contributed by atoms with Gasteiger partial charge in [-0.1, -0.05) is 40.1 Å². The molecular formula is C22H32N2O3S2. The van der Waals surface area contributed by atoms with E-state index in [2.05, 4.69) is 0 Å². The Balaban J connectivity index is 1.30. The topological polar surface area (TPSA) is 49.9 Å². The Morgan fingerprint density at radius 3 is 2.24 bits per heavy atom. The molecule has 2 heterocycles. The first-order valence-corrected chi connectivity index (χ1v) is 13.0. The fourth-order valence-corrected chi connectivity index (χ4v) is 6.81. The number of unbranched alkanes of at least 4 members (excludes halogenated alkanes) is 1. The summed E-state index contributed by atoms with van der Waals surface area (Å²) in [6.45, 7) is 2.65. The summed E-state index contributed by atoms with van der Waals surface area (Å²) in [4.78, 5) is 28.8. The third kappa shape index (κ3) is 7.14. The highest BCUT2D eigenvalue weighted by atomic mass is 33.1. The highest BCUT2D eigenvalue weighted by Crippen LogP contribution is 2.39. The molecule has 1 aromatic rings. The Kier molecular flexibility index (Phi) is 9.05. The van der Waals surface area contributed by atoms with E-state index in [0.29, 0.717) is 39.0 Å². The molecule has 0 aromatic heterocycles. The molecule has 2 aliphatic heterocycles. The van der Waals surface area contributed by atoms with E-state index in [9.17, 15) is 9.59 Å². The Morgan fingerprint density at radius 1 is 1.00 bits per heavy atom. The molecule has 29 heavy (non-hydrogen) atoms. The molecule has 0 saturated carbocycles. The van der Waals surface area contributed by atoms with Crippen molar-refractivity contribution in [1.82, 2.24) is 9.80 Å². The molecule has 1 unspecified atom stereocenters. The minimum atomic E-state index is 0.180. The highest BCUT2D eigenvalue weighted by molar-refractivity contribution is 8.77. The summed E-state index contributed by atoms with van der Waals surface area (Å²) in [7, 11) is 5.64. The number of rotatable bonds is 9. The second kappa shape index (κ2) is 11.7. The van der Waals surface area contributed by atoms with Crippen molar-refractivity contribution in [2.75, 3.05) is 39.0 Å². The average Bonchev–Trinajstić information content (AvgIpc) is 3.29. The van der Waals surface area contributed by atoms with Crippen LogP contribution in [0.1, 0.15) is 44.1 Å². The van der Waals surface area contributed by atoms with Gasteiger partial charge in [0, 0.05) is 50.0 Å². The van der Waals surface area contributed by atoms with Crippen LogP contribution in [0, 0.1) is 0 Å². The summed E-state index contributed by atoms with van der Waals surface area (Å²) in [6.07, 6.45) is 6.59. The summed E-state index contributed by atoms with van der Waals surface area (Å²) in [5, 5.41) is 0.794. The van der Waals surface area contributed by atoms with Crippen LogP contribution in [-0.4, -0.2) is 65.9 Å². The monoisotopic (exact) mass is 436 g/mol. The molecule has 0 N–H and O–H groups in total. The van der Waals surface area contributed by atoms with E-state index in [4.69, 9.17) is 4.74 Å². The fraction of sp³-hybridized carbons (Fsp3) is 0.636. The molecule has 1 atom stereocenters. The lowest BCUT2D eigenvalue weighted by Gasteiger charge is -2.35. The molecule has 5 nitrogen and oxygen atoms in total. The molecule has 3 rings (SSSR count). The number of benzene rings is 1. The number of ether oxygens (including phenoxy) is 1. The molecule has 2 fully saturated rings. The minimum Gasteiger partial charge on any atom is -0.497 e. The van der Waals surface area contributed by atoms with Crippen molar-refractivity contribution in [3.8, 4) is 5.75 Å². The van der Waals surface area contributed by atoms with E-state index < -0.39 is 0 Å². The predicted molar refractivity (Wildman–Crippen MR) is 121 cm³/mol. The molecular weight excluding hydrogens is 404 g/mol. The zero-order valence-electron chi connectivity index (χ0n) is 17.3. The lowest BCUT2D eigenvalue weighted by Crippen LogP contribution is -2.50. The van der Waals surface area contributed by atoms with Gasteiger partial charge in [0.15, 0.2) is 0 Å². The summed E-state index contributed by atoms with van der Waals surface area (Å²) in [5.74, 6) is 2.54. The first-order valence-electron chi connectivity index (χ1n) is 10.6. The van der Waals surface area contributed by atoms with Gasteiger partial charge in [0.05, 0.1) is 7.11 Å². The molecule has 0 aliphatic carbocycles. The van der Waals surface area contributed by atoms with E-state index in [0.717, 1.165) is 35.8 Å². The molecule has 2 aliphatic rings. The maximum absolute atomic E-state index is 12.5. The maximum atomic E-state index is 12.5. The largest absolute Gasteiger partial charge is 0.497 e. The van der Waals surface area contributed by atoms with Crippen molar-refractivity contribution < 1.29 is 14.3 Å². The Labute approximate surface area is 182 Å². The van der Waals surface area contributed by atoms with Crippen LogP contribution in [0.5, 0.6) is 5.75 Å². The van der Waals surface area contributed by atoms with E-state index in [1.54, 1.807) is 7.11 Å². The number of carbonyl (C=O) groups excluding carboxylic acids is 2. The first kappa shape index (κ1) is 22.3. The summed E-state index contributed by atoms with van der Waals surface area (Å²) >= 11 is 0. The number of aryl methyl sites for hydroxylation is 1. The van der Waals surface area contributed by atoms with Gasteiger partial charge in [0.1, 0.15) is 5.75 Å². The van der Waals surface area contributed by atoms with E-state index in [1.807, 2.05) is 55.7 Å². The lowest BCUT2D eigenvalue weighted by molar-refractivity contribution is -0.139. The number of piperazine rings is 1. The van der Waals surface area contributed by atoms with E-state index >= 15 is 0 Å². The molecule has 2 saturated heterocycles. The number of amides is 2. The molecule has 1 aromatic carbocycles. The predicted octanol–water partition coefficient (Wildman–Crippen LogP) is 4.01. The van der Waals surface area contributed by atoms with Gasteiger partial charge in [-0.25, -0.2) is 0 Å². The van der Waals surface area contributed by atoms with Crippen LogP contribution in [0.25, 0.3) is 0 Å². The van der Waals surface area contributed by atoms with Gasteiger partial charge < -0.3 is 14.5 Å². The van der Waals surface area contributed by atoms with Crippen LogP contribution in [0.4, 0.5) is 0 Å². The van der Waals surface area contributed by atoms with Crippen LogP contribution < -0.4 is 4.74 Å². The SMILES string of the molecule is COc1ccc(CCC(=O)N2CCN(C(=O)CCCCC3CCSS3)CC2)cc1. The number of nitrogens with zero attached hydrogens (tertiary/aromatic N) is 2. The Morgan fingerprint density at radius 2 is 1.66 bits per heavy atom. The summed E-state index contributed by atoms with van der Waals surface area (Å²) < 4.78 is 5.16. The zero-order chi connectivity index (χ0) is 20.5. The highest BCUT2D eigenvalue weighted by Gasteiger charge is 2.24. The third-order valence-corrected chi connectivity index (χ3v) is 8.67. The van der Waals surface area contributed by atoms with Gasteiger partial charge in [-0.05, 0) is 43.4 Å². The van der Waals surface area contributed by atoms with Crippen molar-refractivity contribution in [2.45, 2.75) is 50.2 Å². The third-order valence-electron chi connectivity index (χ3n) is 5.67. The molecule has 7 heteroatoms. The zero-order valence-corrected chi connectivity index (χ0v) is 18.9. The smallest absolute Gasteiger partial charge is 0.223 e. The standard InChI is InChI=1S/C22H32N2O3S2/c1-27-19-9-6-18(7-10-19)8-11-22(26)24-15-13-23(14-16-24)21(25)5-3-2-4-20-12-17-28-29-20/h6-7,9-10,20H,2-5,8,11-17H2,1H3. The molecule has 0 spiro atoms. The molecule has 0 bridgehead atoms. The quantitative estimate of drug-likeness (QED) is 0.432. The first-order chi connectivity index (χ1) is 14.2. The van der Waals surface area contributed by atoms with Gasteiger partial charge in [-0.15, -0.1) is 0 Å². The van der Waals surface area contributed by atoms with Crippen molar-refractivity contribution in [3.05, 3.63) is 29.8 Å². The van der Waals surface area contributed by atoms with Crippen LogP contribution in [-0.2, 0) is 16.0 Å². The number of hydrogen-bond acceptors (Lipinski definition) is 5. The summed E-state index contributed by atoms with van der Waals surface area (Å²) in [6, 6.07) is 7.87. The maximum Gasteiger partial charge on any atom is 0.223 e. The van der Waals surface area contributed by atoms with Crippen LogP contribution >= 0.6 is 21.6 Å². The van der Waals surface area contributed by atoms with Crippen LogP contribution in [0.3, 0.4) is 0 Å². The second-order valence-electron chi connectivity index (χ2n) is 7.68. The molecule has 0 radical (unpaired) electrons. The normalized spacial score (nSPS) is 19.4. The van der Waals surface area contributed by atoms with Crippen LogP contribution in [0.2, 0.25) is 0 Å². The molecule has 160 valence electrons. The average molecular weight is 437 g/mol. The fourth-order valence-electron chi connectivity index (χ4n) is 3.78. The second-order valence-corrected chi connectivity index (χ2v) is 10.5. The summed E-state index contributed by atoms with van der Waals surface area (Å²) in [5.41, 5.74) is 1.14. The van der Waals surface area contributed by atoms with Gasteiger partial charge in [0.2, 0.25) is 11.8 Å². The van der Waals surface area contributed by atoms with Crippen molar-refractivity contribution in [1.29, 1.82) is 0 Å². The molecule has 2 amide bonds. The number of carbonyl (C=O) groups is 2. The van der Waals surface area contributed by atoms with Crippen molar-refractivity contribution in [3.63, 3.8) is 0 Å². The number of methoxy groups -OCH3 is 1.